The van der Waals surface area contributed by atoms with Crippen LogP contribution in [0.4, 0.5) is 5.95 Å². The molecule has 0 unspecified atom stereocenters. The van der Waals surface area contributed by atoms with Crippen molar-refractivity contribution in [3.63, 3.8) is 0 Å². The second-order valence-electron chi connectivity index (χ2n) is 5.58. The van der Waals surface area contributed by atoms with Crippen LogP contribution in [-0.4, -0.2) is 42.3 Å². The summed E-state index contributed by atoms with van der Waals surface area (Å²) in [6.45, 7) is 3.46. The van der Waals surface area contributed by atoms with Crippen LogP contribution in [0.25, 0.3) is 0 Å². The highest BCUT2D eigenvalue weighted by atomic mass is 35.5. The van der Waals surface area contributed by atoms with Crippen molar-refractivity contribution in [2.75, 3.05) is 31.1 Å². The summed E-state index contributed by atoms with van der Waals surface area (Å²) in [6, 6.07) is 10.4. The van der Waals surface area contributed by atoms with E-state index in [1.54, 1.807) is 12.4 Å². The van der Waals surface area contributed by atoms with E-state index in [-0.39, 0.29) is 0 Å². The summed E-state index contributed by atoms with van der Waals surface area (Å²) in [4.78, 5) is 10.8. The molecule has 1 aliphatic rings. The van der Waals surface area contributed by atoms with E-state index in [0.29, 0.717) is 17.7 Å². The first-order valence-electron chi connectivity index (χ1n) is 7.95. The highest BCUT2D eigenvalue weighted by molar-refractivity contribution is 6.30. The lowest BCUT2D eigenvalue weighted by Crippen LogP contribution is -2.44. The summed E-state index contributed by atoms with van der Waals surface area (Å²) in [5.74, 6) is 1.68. The molecule has 6 heteroatoms. The summed E-state index contributed by atoms with van der Waals surface area (Å²) in [7, 11) is 0. The number of piperidine rings is 1. The molecular weight excluding hydrogens is 312 g/mol. The highest BCUT2D eigenvalue weighted by Crippen LogP contribution is 2.17. The Bertz CT molecular complexity index is 585. The zero-order chi connectivity index (χ0) is 15.9. The third-order valence-electron chi connectivity index (χ3n) is 3.93. The molecule has 0 saturated carbocycles. The molecule has 1 aromatic heterocycles. The average Bonchev–Trinajstić information content (AvgIpc) is 2.61. The van der Waals surface area contributed by atoms with Gasteiger partial charge in [-0.15, -0.1) is 0 Å². The van der Waals surface area contributed by atoms with Crippen molar-refractivity contribution < 1.29 is 4.74 Å². The normalized spacial score (nSPS) is 15.6. The number of nitrogens with zero attached hydrogens (tertiary/aromatic N) is 3. The maximum absolute atomic E-state index is 5.82. The number of halogens is 1. The van der Waals surface area contributed by atoms with Gasteiger partial charge in [0.2, 0.25) is 5.95 Å². The molecule has 0 atom stereocenters. The summed E-state index contributed by atoms with van der Waals surface area (Å²) < 4.78 is 5.69. The molecule has 5 nitrogen and oxygen atoms in total. The van der Waals surface area contributed by atoms with E-state index in [2.05, 4.69) is 20.2 Å². The van der Waals surface area contributed by atoms with E-state index in [9.17, 15) is 0 Å². The fraction of sp³-hybridized carbons (Fsp3) is 0.412. The van der Waals surface area contributed by atoms with Gasteiger partial charge in [-0.3, -0.25) is 0 Å². The fourth-order valence-corrected chi connectivity index (χ4v) is 2.80. The van der Waals surface area contributed by atoms with Crippen molar-refractivity contribution in [3.8, 4) is 5.75 Å². The third kappa shape index (κ3) is 4.81. The van der Waals surface area contributed by atoms with Gasteiger partial charge >= 0.3 is 0 Å². The van der Waals surface area contributed by atoms with Crippen LogP contribution < -0.4 is 15.0 Å². The quantitative estimate of drug-likeness (QED) is 0.824. The Morgan fingerprint density at radius 2 is 1.83 bits per heavy atom. The molecule has 2 aromatic rings. The zero-order valence-corrected chi connectivity index (χ0v) is 13.7. The van der Waals surface area contributed by atoms with Gasteiger partial charge in [0, 0.05) is 25.7 Å². The average molecular weight is 333 g/mol. The Morgan fingerprint density at radius 1 is 1.13 bits per heavy atom. The van der Waals surface area contributed by atoms with Crippen LogP contribution in [0.3, 0.4) is 0 Å². The molecule has 1 N–H and O–H groups in total. The molecule has 1 aliphatic heterocycles. The second kappa shape index (κ2) is 8.13. The van der Waals surface area contributed by atoms with Crippen molar-refractivity contribution >= 4 is 17.5 Å². The van der Waals surface area contributed by atoms with Crippen molar-refractivity contribution in [1.29, 1.82) is 0 Å². The topological polar surface area (TPSA) is 50.3 Å². The lowest BCUT2D eigenvalue weighted by atomic mass is 10.1. The van der Waals surface area contributed by atoms with Crippen LogP contribution in [-0.2, 0) is 0 Å². The first-order valence-corrected chi connectivity index (χ1v) is 8.33. The van der Waals surface area contributed by atoms with Gasteiger partial charge in [0.25, 0.3) is 0 Å². The molecule has 0 aliphatic carbocycles. The summed E-state index contributed by atoms with van der Waals surface area (Å²) in [6.07, 6.45) is 5.46. The van der Waals surface area contributed by atoms with Gasteiger partial charge in [0.15, 0.2) is 0 Å². The predicted octanol–water partition coefficient (Wildman–Crippen LogP) is 2.77. The zero-order valence-electron chi connectivity index (χ0n) is 13.0. The van der Waals surface area contributed by atoms with E-state index in [1.165, 1.54) is 0 Å². The van der Waals surface area contributed by atoms with Crippen molar-refractivity contribution in [2.45, 2.75) is 18.9 Å². The Hall–Kier alpha value is -1.85. The highest BCUT2D eigenvalue weighted by Gasteiger charge is 2.20. The largest absolute Gasteiger partial charge is 0.492 e. The summed E-state index contributed by atoms with van der Waals surface area (Å²) >= 11 is 5.82. The first kappa shape index (κ1) is 16.0. The van der Waals surface area contributed by atoms with Crippen LogP contribution in [0.2, 0.25) is 5.02 Å². The number of hydrogen-bond acceptors (Lipinski definition) is 5. The molecule has 23 heavy (non-hydrogen) atoms. The maximum Gasteiger partial charge on any atom is 0.225 e. The first-order chi connectivity index (χ1) is 11.3. The minimum absolute atomic E-state index is 0.526. The van der Waals surface area contributed by atoms with Gasteiger partial charge in [-0.2, -0.15) is 0 Å². The number of aromatic nitrogens is 2. The second-order valence-corrected chi connectivity index (χ2v) is 6.01. The standard InChI is InChI=1S/C17H21ClN4O/c18-14-12-20-17(21-13-14)22-9-6-15(7-10-22)19-8-11-23-16-4-2-1-3-5-16/h1-5,12-13,15,19H,6-11H2. The molecule has 2 heterocycles. The molecule has 3 rings (SSSR count). The Balaban J connectivity index is 1.35. The molecule has 0 spiro atoms. The molecule has 1 aromatic carbocycles. The molecule has 0 bridgehead atoms. The van der Waals surface area contributed by atoms with Gasteiger partial charge in [-0.1, -0.05) is 29.8 Å². The smallest absolute Gasteiger partial charge is 0.225 e. The van der Waals surface area contributed by atoms with Crippen LogP contribution in [0.15, 0.2) is 42.7 Å². The lowest BCUT2D eigenvalue weighted by molar-refractivity contribution is 0.296. The SMILES string of the molecule is Clc1cnc(N2CCC(NCCOc3ccccc3)CC2)nc1. The number of anilines is 1. The lowest BCUT2D eigenvalue weighted by Gasteiger charge is -2.32. The molecule has 122 valence electrons. The maximum atomic E-state index is 5.82. The van der Waals surface area contributed by atoms with Crippen molar-refractivity contribution in [1.82, 2.24) is 15.3 Å². The molecule has 0 radical (unpaired) electrons. The fourth-order valence-electron chi connectivity index (χ4n) is 2.70. The van der Waals surface area contributed by atoms with E-state index >= 15 is 0 Å². The molecule has 0 amide bonds. The number of hydrogen-bond donors (Lipinski definition) is 1. The monoisotopic (exact) mass is 332 g/mol. The number of rotatable bonds is 6. The number of ether oxygens (including phenoxy) is 1. The minimum atomic E-state index is 0.526. The van der Waals surface area contributed by atoms with E-state index in [4.69, 9.17) is 16.3 Å². The minimum Gasteiger partial charge on any atom is -0.492 e. The predicted molar refractivity (Wildman–Crippen MR) is 92.2 cm³/mol. The number of benzene rings is 1. The van der Waals surface area contributed by atoms with Gasteiger partial charge in [0.1, 0.15) is 12.4 Å². The van der Waals surface area contributed by atoms with E-state index in [1.807, 2.05) is 30.3 Å². The summed E-state index contributed by atoms with van der Waals surface area (Å²) in [5.41, 5.74) is 0. The third-order valence-corrected chi connectivity index (χ3v) is 4.13. The van der Waals surface area contributed by atoms with E-state index < -0.39 is 0 Å². The Kier molecular flexibility index (Phi) is 5.66. The van der Waals surface area contributed by atoms with Gasteiger partial charge in [0.05, 0.1) is 17.4 Å². The molecule has 1 fully saturated rings. The van der Waals surface area contributed by atoms with Gasteiger partial charge < -0.3 is 15.0 Å². The van der Waals surface area contributed by atoms with E-state index in [0.717, 1.165) is 44.2 Å². The van der Waals surface area contributed by atoms with Crippen LogP contribution in [0.1, 0.15) is 12.8 Å². The molecular formula is C17H21ClN4O. The molecule has 1 saturated heterocycles. The van der Waals surface area contributed by atoms with Gasteiger partial charge in [-0.25, -0.2) is 9.97 Å². The van der Waals surface area contributed by atoms with Crippen LogP contribution >= 0.6 is 11.6 Å². The Labute approximate surface area is 141 Å². The number of nitrogens with one attached hydrogen (secondary N) is 1. The Morgan fingerprint density at radius 3 is 2.52 bits per heavy atom. The van der Waals surface area contributed by atoms with Crippen LogP contribution in [0.5, 0.6) is 5.75 Å². The van der Waals surface area contributed by atoms with Crippen molar-refractivity contribution in [3.05, 3.63) is 47.7 Å². The van der Waals surface area contributed by atoms with Crippen molar-refractivity contribution in [2.24, 2.45) is 0 Å². The number of para-hydroxylation sites is 1. The summed E-state index contributed by atoms with van der Waals surface area (Å²) in [5, 5.41) is 4.13. The van der Waals surface area contributed by atoms with Crippen LogP contribution in [0, 0.1) is 0 Å². The van der Waals surface area contributed by atoms with Gasteiger partial charge in [-0.05, 0) is 25.0 Å².